The molecule has 1 aliphatic rings. The number of nitrogens with zero attached hydrogens (tertiary/aromatic N) is 1. The molecule has 0 bridgehead atoms. The van der Waals surface area contributed by atoms with Crippen LogP contribution in [-0.4, -0.2) is 12.0 Å². The third kappa shape index (κ3) is 2.76. The zero-order valence-corrected chi connectivity index (χ0v) is 12.9. The number of pyridine rings is 1. The Bertz CT molecular complexity index is 642. The Morgan fingerprint density at radius 2 is 2.19 bits per heavy atom. The summed E-state index contributed by atoms with van der Waals surface area (Å²) in [6.07, 6.45) is 5.11. The fourth-order valence-electron chi connectivity index (χ4n) is 3.43. The van der Waals surface area contributed by atoms with Crippen LogP contribution in [-0.2, 0) is 6.42 Å². The molecule has 2 aromatic rings. The van der Waals surface area contributed by atoms with Crippen molar-refractivity contribution in [3.05, 3.63) is 58.2 Å². The van der Waals surface area contributed by atoms with Crippen LogP contribution in [0.15, 0.2) is 36.5 Å². The Morgan fingerprint density at radius 1 is 1.38 bits per heavy atom. The molecule has 0 fully saturated rings. The SMILES string of the molecule is CNC(c1cc(Cl)cnc1N)C1CCCc2ccccc21. The van der Waals surface area contributed by atoms with E-state index in [4.69, 9.17) is 17.3 Å². The van der Waals surface area contributed by atoms with E-state index in [1.807, 2.05) is 13.1 Å². The number of hydrogen-bond donors (Lipinski definition) is 2. The molecule has 3 rings (SSSR count). The lowest BCUT2D eigenvalue weighted by Crippen LogP contribution is -2.27. The number of rotatable bonds is 3. The van der Waals surface area contributed by atoms with Crippen LogP contribution in [0.5, 0.6) is 0 Å². The molecule has 0 amide bonds. The maximum Gasteiger partial charge on any atom is 0.128 e. The minimum Gasteiger partial charge on any atom is -0.383 e. The van der Waals surface area contributed by atoms with Gasteiger partial charge in [0, 0.05) is 23.7 Å². The van der Waals surface area contributed by atoms with Crippen molar-refractivity contribution in [2.24, 2.45) is 0 Å². The number of aryl methyl sites for hydroxylation is 1. The molecule has 1 heterocycles. The maximum absolute atomic E-state index is 6.11. The van der Waals surface area contributed by atoms with Crippen molar-refractivity contribution in [3.63, 3.8) is 0 Å². The van der Waals surface area contributed by atoms with Crippen molar-refractivity contribution in [2.75, 3.05) is 12.8 Å². The zero-order chi connectivity index (χ0) is 14.8. The molecule has 4 heteroatoms. The van der Waals surface area contributed by atoms with Crippen LogP contribution in [0.1, 0.15) is 41.5 Å². The highest BCUT2D eigenvalue weighted by molar-refractivity contribution is 6.30. The zero-order valence-electron chi connectivity index (χ0n) is 12.1. The summed E-state index contributed by atoms with van der Waals surface area (Å²) in [6, 6.07) is 10.8. The molecule has 0 saturated carbocycles. The molecule has 0 spiro atoms. The van der Waals surface area contributed by atoms with Gasteiger partial charge in [0.2, 0.25) is 0 Å². The van der Waals surface area contributed by atoms with E-state index in [0.717, 1.165) is 18.4 Å². The first-order chi connectivity index (χ1) is 10.2. The predicted molar refractivity (Wildman–Crippen MR) is 87.6 cm³/mol. The number of hydrogen-bond acceptors (Lipinski definition) is 3. The Balaban J connectivity index is 2.03. The van der Waals surface area contributed by atoms with Crippen molar-refractivity contribution >= 4 is 17.4 Å². The molecule has 0 saturated heterocycles. The van der Waals surface area contributed by atoms with Crippen molar-refractivity contribution in [1.29, 1.82) is 0 Å². The Labute approximate surface area is 130 Å². The fraction of sp³-hybridized carbons (Fsp3) is 0.353. The molecular weight excluding hydrogens is 282 g/mol. The number of nitrogens with one attached hydrogen (secondary N) is 1. The highest BCUT2D eigenvalue weighted by Crippen LogP contribution is 2.41. The average Bonchev–Trinajstić information content (AvgIpc) is 2.51. The fourth-order valence-corrected chi connectivity index (χ4v) is 3.59. The third-order valence-corrected chi connectivity index (χ3v) is 4.59. The minimum atomic E-state index is 0.137. The summed E-state index contributed by atoms with van der Waals surface area (Å²) in [7, 11) is 1.97. The van der Waals surface area contributed by atoms with Gasteiger partial charge in [-0.05, 0) is 43.5 Å². The van der Waals surface area contributed by atoms with E-state index in [1.54, 1.807) is 6.20 Å². The van der Waals surface area contributed by atoms with Gasteiger partial charge in [-0.2, -0.15) is 0 Å². The number of halogens is 1. The lowest BCUT2D eigenvalue weighted by atomic mass is 9.77. The quantitative estimate of drug-likeness (QED) is 0.909. The number of nitrogen functional groups attached to an aromatic ring is 1. The van der Waals surface area contributed by atoms with Gasteiger partial charge in [0.05, 0.1) is 5.02 Å². The number of nitrogens with two attached hydrogens (primary N) is 1. The standard InChI is InChI=1S/C17H20ClN3/c1-20-16(15-9-12(18)10-21-17(15)19)14-8-4-6-11-5-2-3-7-13(11)14/h2-3,5,7,9-10,14,16,20H,4,6,8H2,1H3,(H2,19,21). The van der Waals surface area contributed by atoms with Crippen LogP contribution < -0.4 is 11.1 Å². The average molecular weight is 302 g/mol. The van der Waals surface area contributed by atoms with Crippen LogP contribution in [0.3, 0.4) is 0 Å². The number of anilines is 1. The van der Waals surface area contributed by atoms with E-state index >= 15 is 0 Å². The molecule has 1 aromatic carbocycles. The Morgan fingerprint density at radius 3 is 3.00 bits per heavy atom. The lowest BCUT2D eigenvalue weighted by molar-refractivity contribution is 0.425. The molecule has 2 unspecified atom stereocenters. The summed E-state index contributed by atoms with van der Waals surface area (Å²) in [4.78, 5) is 4.20. The van der Waals surface area contributed by atoms with Gasteiger partial charge in [-0.1, -0.05) is 35.9 Å². The third-order valence-electron chi connectivity index (χ3n) is 4.38. The monoisotopic (exact) mass is 301 g/mol. The van der Waals surface area contributed by atoms with E-state index in [9.17, 15) is 0 Å². The largest absolute Gasteiger partial charge is 0.383 e. The first-order valence-electron chi connectivity index (χ1n) is 7.36. The Hall–Kier alpha value is -1.58. The number of aromatic nitrogens is 1. The smallest absolute Gasteiger partial charge is 0.128 e. The predicted octanol–water partition coefficient (Wildman–Crippen LogP) is 3.70. The second-order valence-corrected chi connectivity index (χ2v) is 6.03. The normalized spacial score (nSPS) is 19.0. The topological polar surface area (TPSA) is 50.9 Å². The second kappa shape index (κ2) is 6.04. The summed E-state index contributed by atoms with van der Waals surface area (Å²) < 4.78 is 0. The van der Waals surface area contributed by atoms with E-state index < -0.39 is 0 Å². The number of likely N-dealkylation sites (N-methyl/N-ethyl adjacent to an activating group) is 1. The molecule has 21 heavy (non-hydrogen) atoms. The second-order valence-electron chi connectivity index (χ2n) is 5.59. The van der Waals surface area contributed by atoms with Gasteiger partial charge < -0.3 is 11.1 Å². The number of benzene rings is 1. The van der Waals surface area contributed by atoms with Crippen molar-refractivity contribution in [1.82, 2.24) is 10.3 Å². The molecule has 3 nitrogen and oxygen atoms in total. The molecule has 110 valence electrons. The van der Waals surface area contributed by atoms with Gasteiger partial charge in [0.25, 0.3) is 0 Å². The van der Waals surface area contributed by atoms with Gasteiger partial charge in [0.15, 0.2) is 0 Å². The summed E-state index contributed by atoms with van der Waals surface area (Å²) in [6.45, 7) is 0. The van der Waals surface area contributed by atoms with Crippen LogP contribution in [0.25, 0.3) is 0 Å². The summed E-state index contributed by atoms with van der Waals surface area (Å²) in [5, 5.41) is 4.05. The van der Waals surface area contributed by atoms with E-state index in [2.05, 4.69) is 34.6 Å². The lowest BCUT2D eigenvalue weighted by Gasteiger charge is -2.33. The van der Waals surface area contributed by atoms with Crippen molar-refractivity contribution in [3.8, 4) is 0 Å². The van der Waals surface area contributed by atoms with Gasteiger partial charge in [-0.25, -0.2) is 4.98 Å². The van der Waals surface area contributed by atoms with Gasteiger partial charge in [-0.3, -0.25) is 0 Å². The summed E-state index contributed by atoms with van der Waals surface area (Å²) in [5.41, 5.74) is 9.94. The number of fused-ring (bicyclic) bond motifs is 1. The molecule has 1 aliphatic carbocycles. The highest BCUT2D eigenvalue weighted by atomic mass is 35.5. The molecular formula is C17H20ClN3. The summed E-state index contributed by atoms with van der Waals surface area (Å²) in [5.74, 6) is 0.962. The van der Waals surface area contributed by atoms with E-state index in [0.29, 0.717) is 16.8 Å². The van der Waals surface area contributed by atoms with Gasteiger partial charge in [-0.15, -0.1) is 0 Å². The molecule has 0 radical (unpaired) electrons. The summed E-state index contributed by atoms with van der Waals surface area (Å²) >= 11 is 6.11. The van der Waals surface area contributed by atoms with Gasteiger partial charge >= 0.3 is 0 Å². The van der Waals surface area contributed by atoms with Crippen molar-refractivity contribution < 1.29 is 0 Å². The molecule has 1 aromatic heterocycles. The minimum absolute atomic E-state index is 0.137. The van der Waals surface area contributed by atoms with Crippen molar-refractivity contribution in [2.45, 2.75) is 31.2 Å². The molecule has 0 aliphatic heterocycles. The first kappa shape index (κ1) is 14.4. The van der Waals surface area contributed by atoms with Crippen LogP contribution in [0.2, 0.25) is 5.02 Å². The first-order valence-corrected chi connectivity index (χ1v) is 7.74. The van der Waals surface area contributed by atoms with E-state index in [-0.39, 0.29) is 6.04 Å². The molecule has 2 atom stereocenters. The van der Waals surface area contributed by atoms with E-state index in [1.165, 1.54) is 17.5 Å². The van der Waals surface area contributed by atoms with Gasteiger partial charge in [0.1, 0.15) is 5.82 Å². The highest BCUT2D eigenvalue weighted by Gasteiger charge is 2.29. The Kier molecular flexibility index (Phi) is 4.13. The maximum atomic E-state index is 6.11. The molecule has 3 N–H and O–H groups in total. The van der Waals surface area contributed by atoms with Crippen LogP contribution in [0, 0.1) is 0 Å². The van der Waals surface area contributed by atoms with Crippen LogP contribution >= 0.6 is 11.6 Å². The van der Waals surface area contributed by atoms with Crippen LogP contribution in [0.4, 0.5) is 5.82 Å².